The third-order valence-corrected chi connectivity index (χ3v) is 2.51. The summed E-state index contributed by atoms with van der Waals surface area (Å²) in [5.41, 5.74) is 6.72. The average molecular weight is 247 g/mol. The Labute approximate surface area is 104 Å². The van der Waals surface area contributed by atoms with Crippen molar-refractivity contribution in [2.24, 2.45) is 0 Å². The normalized spacial score (nSPS) is 10.1. The summed E-state index contributed by atoms with van der Waals surface area (Å²) in [5.74, 6) is 0.365. The van der Waals surface area contributed by atoms with E-state index in [4.69, 9.17) is 10.5 Å². The summed E-state index contributed by atoms with van der Waals surface area (Å²) in [6.07, 6.45) is 1.47. The maximum absolute atomic E-state index is 11.4. The second-order valence-corrected chi connectivity index (χ2v) is 3.54. The molecule has 0 aliphatic carbocycles. The molecule has 0 atom stereocenters. The second-order valence-electron chi connectivity index (χ2n) is 3.54. The van der Waals surface area contributed by atoms with Crippen molar-refractivity contribution < 1.29 is 14.3 Å². The van der Waals surface area contributed by atoms with Gasteiger partial charge in [-0.15, -0.1) is 0 Å². The van der Waals surface area contributed by atoms with Gasteiger partial charge in [0.15, 0.2) is 5.69 Å². The summed E-state index contributed by atoms with van der Waals surface area (Å²) in [7, 11) is 2.86. The Morgan fingerprint density at radius 1 is 1.39 bits per heavy atom. The lowest BCUT2D eigenvalue weighted by Gasteiger charge is -2.07. The Hall–Kier alpha value is -2.50. The molecule has 2 rings (SSSR count). The van der Waals surface area contributed by atoms with E-state index in [2.05, 4.69) is 9.72 Å². The van der Waals surface area contributed by atoms with Crippen LogP contribution in [0.4, 0.5) is 5.82 Å². The van der Waals surface area contributed by atoms with Gasteiger partial charge in [-0.3, -0.25) is 4.57 Å². The number of rotatable bonds is 3. The molecule has 6 nitrogen and oxygen atoms in total. The molecule has 1 aromatic carbocycles. The molecule has 1 heterocycles. The molecule has 0 aliphatic heterocycles. The van der Waals surface area contributed by atoms with Gasteiger partial charge in [-0.2, -0.15) is 0 Å². The topological polar surface area (TPSA) is 79.4 Å². The Morgan fingerprint density at radius 2 is 2.17 bits per heavy atom. The Balaban J connectivity index is 2.45. The van der Waals surface area contributed by atoms with E-state index < -0.39 is 5.97 Å². The molecule has 0 saturated carbocycles. The number of anilines is 1. The summed E-state index contributed by atoms with van der Waals surface area (Å²) in [6, 6.07) is 7.27. The molecule has 18 heavy (non-hydrogen) atoms. The highest BCUT2D eigenvalue weighted by Crippen LogP contribution is 2.21. The number of nitrogen functional groups attached to an aromatic ring is 1. The SMILES string of the molecule is COC(=O)c1ncn(-c2cccc(OC)c2)c1N. The fraction of sp³-hybridized carbons (Fsp3) is 0.167. The van der Waals surface area contributed by atoms with Crippen LogP contribution in [0.15, 0.2) is 30.6 Å². The summed E-state index contributed by atoms with van der Waals surface area (Å²) >= 11 is 0. The number of hydrogen-bond donors (Lipinski definition) is 1. The largest absolute Gasteiger partial charge is 0.497 e. The van der Waals surface area contributed by atoms with E-state index in [0.717, 1.165) is 5.69 Å². The lowest BCUT2D eigenvalue weighted by molar-refractivity contribution is 0.0596. The zero-order chi connectivity index (χ0) is 13.1. The first kappa shape index (κ1) is 12.0. The van der Waals surface area contributed by atoms with E-state index >= 15 is 0 Å². The second kappa shape index (κ2) is 4.79. The summed E-state index contributed by atoms with van der Waals surface area (Å²) in [4.78, 5) is 15.3. The zero-order valence-electron chi connectivity index (χ0n) is 10.1. The number of nitrogens with zero attached hydrogens (tertiary/aromatic N) is 2. The molecule has 6 heteroatoms. The molecule has 0 fully saturated rings. The Bertz CT molecular complexity index is 578. The van der Waals surface area contributed by atoms with Gasteiger partial charge in [0, 0.05) is 6.07 Å². The van der Waals surface area contributed by atoms with Crippen LogP contribution in [0.5, 0.6) is 5.75 Å². The monoisotopic (exact) mass is 247 g/mol. The minimum atomic E-state index is -0.561. The first-order chi connectivity index (χ1) is 8.67. The molecule has 1 aromatic heterocycles. The van der Waals surface area contributed by atoms with E-state index in [0.29, 0.717) is 5.75 Å². The number of aromatic nitrogens is 2. The first-order valence-corrected chi connectivity index (χ1v) is 5.23. The molecule has 2 N–H and O–H groups in total. The van der Waals surface area contributed by atoms with Crippen molar-refractivity contribution in [3.05, 3.63) is 36.3 Å². The first-order valence-electron chi connectivity index (χ1n) is 5.23. The van der Waals surface area contributed by atoms with Crippen LogP contribution in [0.1, 0.15) is 10.5 Å². The van der Waals surface area contributed by atoms with E-state index in [9.17, 15) is 4.79 Å². The minimum Gasteiger partial charge on any atom is -0.497 e. The molecule has 0 bridgehead atoms. The summed E-state index contributed by atoms with van der Waals surface area (Å²) in [6.45, 7) is 0. The van der Waals surface area contributed by atoms with Gasteiger partial charge in [-0.05, 0) is 12.1 Å². The van der Waals surface area contributed by atoms with E-state index in [1.54, 1.807) is 17.7 Å². The molecule has 2 aromatic rings. The van der Waals surface area contributed by atoms with Gasteiger partial charge in [0.1, 0.15) is 17.9 Å². The molecular formula is C12H13N3O3. The van der Waals surface area contributed by atoms with Crippen molar-refractivity contribution >= 4 is 11.8 Å². The number of esters is 1. The van der Waals surface area contributed by atoms with Crippen LogP contribution in [0.25, 0.3) is 5.69 Å². The fourth-order valence-electron chi connectivity index (χ4n) is 1.58. The molecule has 0 aliphatic rings. The number of carbonyl (C=O) groups is 1. The van der Waals surface area contributed by atoms with Crippen LogP contribution in [0.2, 0.25) is 0 Å². The highest BCUT2D eigenvalue weighted by atomic mass is 16.5. The number of benzene rings is 1. The zero-order valence-corrected chi connectivity index (χ0v) is 10.1. The van der Waals surface area contributed by atoms with E-state index in [1.165, 1.54) is 13.4 Å². The number of hydrogen-bond acceptors (Lipinski definition) is 5. The molecule has 94 valence electrons. The molecular weight excluding hydrogens is 234 g/mol. The number of ether oxygens (including phenoxy) is 2. The van der Waals surface area contributed by atoms with Gasteiger partial charge in [0.25, 0.3) is 0 Å². The number of carbonyl (C=O) groups excluding carboxylic acids is 1. The molecule has 0 unspecified atom stereocenters. The number of methoxy groups -OCH3 is 2. The van der Waals surface area contributed by atoms with Gasteiger partial charge in [0.05, 0.1) is 19.9 Å². The van der Waals surface area contributed by atoms with Gasteiger partial charge in [-0.25, -0.2) is 9.78 Å². The summed E-state index contributed by atoms with van der Waals surface area (Å²) in [5, 5.41) is 0. The molecule has 0 saturated heterocycles. The highest BCUT2D eigenvalue weighted by Gasteiger charge is 2.16. The van der Waals surface area contributed by atoms with Crippen LogP contribution >= 0.6 is 0 Å². The van der Waals surface area contributed by atoms with E-state index in [1.807, 2.05) is 18.2 Å². The number of imidazole rings is 1. The van der Waals surface area contributed by atoms with Crippen molar-refractivity contribution in [2.45, 2.75) is 0 Å². The van der Waals surface area contributed by atoms with Crippen LogP contribution < -0.4 is 10.5 Å². The van der Waals surface area contributed by atoms with Gasteiger partial charge < -0.3 is 15.2 Å². The van der Waals surface area contributed by atoms with E-state index in [-0.39, 0.29) is 11.5 Å². The van der Waals surface area contributed by atoms with Gasteiger partial charge >= 0.3 is 5.97 Å². The van der Waals surface area contributed by atoms with Crippen molar-refractivity contribution in [2.75, 3.05) is 20.0 Å². The predicted molar refractivity (Wildman–Crippen MR) is 65.9 cm³/mol. The van der Waals surface area contributed by atoms with Crippen molar-refractivity contribution in [3.63, 3.8) is 0 Å². The third kappa shape index (κ3) is 2.00. The highest BCUT2D eigenvalue weighted by molar-refractivity contribution is 5.92. The number of nitrogens with two attached hydrogens (primary N) is 1. The quantitative estimate of drug-likeness (QED) is 0.826. The standard InChI is InChI=1S/C12H13N3O3/c1-17-9-5-3-4-8(6-9)15-7-14-10(11(15)13)12(16)18-2/h3-7H,13H2,1-2H3. The molecule has 0 radical (unpaired) electrons. The maximum Gasteiger partial charge on any atom is 0.360 e. The van der Waals surface area contributed by atoms with Gasteiger partial charge in [-0.1, -0.05) is 6.07 Å². The van der Waals surface area contributed by atoms with Crippen LogP contribution in [-0.4, -0.2) is 29.7 Å². The summed E-state index contributed by atoms with van der Waals surface area (Å²) < 4.78 is 11.3. The smallest absolute Gasteiger partial charge is 0.360 e. The fourth-order valence-corrected chi connectivity index (χ4v) is 1.58. The maximum atomic E-state index is 11.4. The lowest BCUT2D eigenvalue weighted by atomic mass is 10.3. The van der Waals surface area contributed by atoms with Crippen molar-refractivity contribution in [1.29, 1.82) is 0 Å². The van der Waals surface area contributed by atoms with Crippen LogP contribution in [0, 0.1) is 0 Å². The average Bonchev–Trinajstić information content (AvgIpc) is 2.80. The predicted octanol–water partition coefficient (Wildman–Crippen LogP) is 1.25. The van der Waals surface area contributed by atoms with Gasteiger partial charge in [0.2, 0.25) is 0 Å². The lowest BCUT2D eigenvalue weighted by Crippen LogP contribution is -2.07. The van der Waals surface area contributed by atoms with Crippen LogP contribution in [-0.2, 0) is 4.74 Å². The van der Waals surface area contributed by atoms with Crippen molar-refractivity contribution in [1.82, 2.24) is 9.55 Å². The Kier molecular flexibility index (Phi) is 3.18. The molecule has 0 amide bonds. The minimum absolute atomic E-state index is 0.0975. The third-order valence-electron chi connectivity index (χ3n) is 2.51. The molecule has 0 spiro atoms. The van der Waals surface area contributed by atoms with Crippen molar-refractivity contribution in [3.8, 4) is 11.4 Å². The Morgan fingerprint density at radius 3 is 2.83 bits per heavy atom. The van der Waals surface area contributed by atoms with Crippen LogP contribution in [0.3, 0.4) is 0 Å².